The van der Waals surface area contributed by atoms with Crippen molar-refractivity contribution in [3.8, 4) is 11.3 Å². The molecular weight excluding hydrogens is 238 g/mol. The fraction of sp³-hybridized carbons (Fsp3) is 0.333. The van der Waals surface area contributed by atoms with Gasteiger partial charge in [0, 0.05) is 30.8 Å². The highest BCUT2D eigenvalue weighted by atomic mass is 16.1. The van der Waals surface area contributed by atoms with Crippen LogP contribution in [0.5, 0.6) is 0 Å². The number of aromatic nitrogens is 2. The molecule has 1 aromatic heterocycles. The Bertz CT molecular complexity index is 630. The predicted octanol–water partition coefficient (Wildman–Crippen LogP) is 1.70. The van der Waals surface area contributed by atoms with E-state index in [1.54, 1.807) is 7.05 Å². The molecule has 0 atom stereocenters. The number of benzene rings is 1. The topological polar surface area (TPSA) is 46.9 Å². The summed E-state index contributed by atoms with van der Waals surface area (Å²) in [7, 11) is 1.70. The van der Waals surface area contributed by atoms with Gasteiger partial charge in [0.05, 0.1) is 5.69 Å². The van der Waals surface area contributed by atoms with Gasteiger partial charge in [0.1, 0.15) is 0 Å². The van der Waals surface area contributed by atoms with E-state index < -0.39 is 0 Å². The van der Waals surface area contributed by atoms with E-state index in [2.05, 4.69) is 10.4 Å². The van der Waals surface area contributed by atoms with Gasteiger partial charge in [-0.2, -0.15) is 5.10 Å². The minimum atomic E-state index is -0.0205. The van der Waals surface area contributed by atoms with Crippen molar-refractivity contribution in [3.05, 3.63) is 52.3 Å². The molecule has 0 unspecified atom stereocenters. The second kappa shape index (κ2) is 4.97. The summed E-state index contributed by atoms with van der Waals surface area (Å²) < 4.78 is 1.42. The first-order valence-corrected chi connectivity index (χ1v) is 6.60. The molecule has 0 amide bonds. The Labute approximate surface area is 112 Å². The fourth-order valence-corrected chi connectivity index (χ4v) is 2.09. The Morgan fingerprint density at radius 1 is 1.32 bits per heavy atom. The number of rotatable bonds is 4. The third-order valence-corrected chi connectivity index (χ3v) is 3.37. The van der Waals surface area contributed by atoms with Crippen molar-refractivity contribution in [2.45, 2.75) is 25.4 Å². The third-order valence-electron chi connectivity index (χ3n) is 3.37. The highest BCUT2D eigenvalue weighted by Gasteiger charge is 2.20. The molecule has 1 aliphatic rings. The lowest BCUT2D eigenvalue weighted by Crippen LogP contribution is -2.28. The van der Waals surface area contributed by atoms with E-state index >= 15 is 0 Å². The van der Waals surface area contributed by atoms with E-state index in [0.717, 1.165) is 16.8 Å². The zero-order valence-corrected chi connectivity index (χ0v) is 11.0. The third kappa shape index (κ3) is 2.74. The van der Waals surface area contributed by atoms with Gasteiger partial charge in [-0.15, -0.1) is 0 Å². The average molecular weight is 255 g/mol. The van der Waals surface area contributed by atoms with Crippen LogP contribution in [0.2, 0.25) is 0 Å². The Morgan fingerprint density at radius 3 is 2.74 bits per heavy atom. The van der Waals surface area contributed by atoms with Gasteiger partial charge in [-0.25, -0.2) is 4.68 Å². The standard InChI is InChI=1S/C15H17N3O/c1-18-15(19)12(10-16-13-7-8-13)9-14(17-18)11-5-3-2-4-6-11/h2-6,9,13,16H,7-8,10H2,1H3. The van der Waals surface area contributed by atoms with Gasteiger partial charge in [-0.3, -0.25) is 4.79 Å². The summed E-state index contributed by atoms with van der Waals surface area (Å²) >= 11 is 0. The van der Waals surface area contributed by atoms with Gasteiger partial charge in [0.2, 0.25) is 0 Å². The molecule has 1 heterocycles. The summed E-state index contributed by atoms with van der Waals surface area (Å²) in [5.74, 6) is 0. The number of aryl methyl sites for hydroxylation is 1. The maximum Gasteiger partial charge on any atom is 0.271 e. The molecule has 3 rings (SSSR count). The molecule has 4 nitrogen and oxygen atoms in total. The monoisotopic (exact) mass is 255 g/mol. The summed E-state index contributed by atoms with van der Waals surface area (Å²) in [6, 6.07) is 12.4. The van der Waals surface area contributed by atoms with Crippen molar-refractivity contribution in [2.75, 3.05) is 0 Å². The minimum Gasteiger partial charge on any atom is -0.310 e. The van der Waals surface area contributed by atoms with Gasteiger partial charge in [0.25, 0.3) is 5.56 Å². The maximum atomic E-state index is 12.0. The van der Waals surface area contributed by atoms with Crippen molar-refractivity contribution in [2.24, 2.45) is 7.05 Å². The molecule has 1 saturated carbocycles. The van der Waals surface area contributed by atoms with Crippen LogP contribution in [0.3, 0.4) is 0 Å². The average Bonchev–Trinajstić information content (AvgIpc) is 3.25. The van der Waals surface area contributed by atoms with Crippen molar-refractivity contribution < 1.29 is 0 Å². The van der Waals surface area contributed by atoms with Crippen molar-refractivity contribution in [1.82, 2.24) is 15.1 Å². The smallest absolute Gasteiger partial charge is 0.271 e. The fourth-order valence-electron chi connectivity index (χ4n) is 2.09. The van der Waals surface area contributed by atoms with Crippen LogP contribution in [-0.2, 0) is 13.6 Å². The van der Waals surface area contributed by atoms with Gasteiger partial charge in [-0.1, -0.05) is 30.3 Å². The highest BCUT2D eigenvalue weighted by Crippen LogP contribution is 2.20. The quantitative estimate of drug-likeness (QED) is 0.904. The Balaban J connectivity index is 1.94. The Hall–Kier alpha value is -1.94. The molecular formula is C15H17N3O. The van der Waals surface area contributed by atoms with Crippen LogP contribution in [-0.4, -0.2) is 15.8 Å². The number of hydrogen-bond acceptors (Lipinski definition) is 3. The summed E-state index contributed by atoms with van der Waals surface area (Å²) in [4.78, 5) is 12.0. The molecule has 0 bridgehead atoms. The molecule has 2 aromatic rings. The number of hydrogen-bond donors (Lipinski definition) is 1. The predicted molar refractivity (Wildman–Crippen MR) is 74.8 cm³/mol. The summed E-state index contributed by atoms with van der Waals surface area (Å²) in [6.45, 7) is 0.625. The molecule has 0 spiro atoms. The summed E-state index contributed by atoms with van der Waals surface area (Å²) in [5.41, 5.74) is 2.64. The molecule has 98 valence electrons. The number of nitrogens with zero attached hydrogens (tertiary/aromatic N) is 2. The lowest BCUT2D eigenvalue weighted by Gasteiger charge is -2.08. The highest BCUT2D eigenvalue weighted by molar-refractivity contribution is 5.58. The van der Waals surface area contributed by atoms with Crippen LogP contribution >= 0.6 is 0 Å². The SMILES string of the molecule is Cn1nc(-c2ccccc2)cc(CNC2CC2)c1=O. The van der Waals surface area contributed by atoms with Crippen LogP contribution in [0.25, 0.3) is 11.3 Å². The molecule has 1 N–H and O–H groups in total. The second-order valence-electron chi connectivity index (χ2n) is 5.00. The molecule has 0 saturated heterocycles. The van der Waals surface area contributed by atoms with E-state index in [4.69, 9.17) is 0 Å². The van der Waals surface area contributed by atoms with E-state index in [-0.39, 0.29) is 5.56 Å². The van der Waals surface area contributed by atoms with E-state index in [1.807, 2.05) is 36.4 Å². The first kappa shape index (κ1) is 12.1. The minimum absolute atomic E-state index is 0.0205. The normalized spacial score (nSPS) is 14.6. The van der Waals surface area contributed by atoms with Gasteiger partial charge in [0.15, 0.2) is 0 Å². The van der Waals surface area contributed by atoms with Gasteiger partial charge < -0.3 is 5.32 Å². The van der Waals surface area contributed by atoms with E-state index in [9.17, 15) is 4.79 Å². The van der Waals surface area contributed by atoms with Crippen LogP contribution < -0.4 is 10.9 Å². The lowest BCUT2D eigenvalue weighted by molar-refractivity contribution is 0.648. The van der Waals surface area contributed by atoms with Crippen LogP contribution in [0.15, 0.2) is 41.2 Å². The zero-order chi connectivity index (χ0) is 13.2. The van der Waals surface area contributed by atoms with E-state index in [1.165, 1.54) is 17.5 Å². The maximum absolute atomic E-state index is 12.0. The largest absolute Gasteiger partial charge is 0.310 e. The van der Waals surface area contributed by atoms with Crippen LogP contribution in [0, 0.1) is 0 Å². The Morgan fingerprint density at radius 2 is 2.05 bits per heavy atom. The molecule has 0 aliphatic heterocycles. The first-order chi connectivity index (χ1) is 9.24. The summed E-state index contributed by atoms with van der Waals surface area (Å²) in [6.07, 6.45) is 2.44. The number of nitrogens with one attached hydrogen (secondary N) is 1. The Kier molecular flexibility index (Phi) is 3.17. The lowest BCUT2D eigenvalue weighted by atomic mass is 10.1. The summed E-state index contributed by atoms with van der Waals surface area (Å²) in [5, 5.41) is 7.70. The van der Waals surface area contributed by atoms with Crippen LogP contribution in [0.1, 0.15) is 18.4 Å². The molecule has 1 fully saturated rings. The molecule has 19 heavy (non-hydrogen) atoms. The molecule has 1 aromatic carbocycles. The van der Waals surface area contributed by atoms with Crippen LogP contribution in [0.4, 0.5) is 0 Å². The van der Waals surface area contributed by atoms with Crippen molar-refractivity contribution >= 4 is 0 Å². The molecule has 1 aliphatic carbocycles. The van der Waals surface area contributed by atoms with Crippen molar-refractivity contribution in [3.63, 3.8) is 0 Å². The van der Waals surface area contributed by atoms with Gasteiger partial charge in [-0.05, 0) is 18.9 Å². The molecule has 4 heteroatoms. The second-order valence-corrected chi connectivity index (χ2v) is 5.00. The zero-order valence-electron chi connectivity index (χ0n) is 11.0. The molecule has 0 radical (unpaired) electrons. The van der Waals surface area contributed by atoms with Gasteiger partial charge >= 0.3 is 0 Å². The first-order valence-electron chi connectivity index (χ1n) is 6.60. The van der Waals surface area contributed by atoms with Crippen molar-refractivity contribution in [1.29, 1.82) is 0 Å². The van der Waals surface area contributed by atoms with E-state index in [0.29, 0.717) is 12.6 Å².